The Morgan fingerprint density at radius 1 is 1.50 bits per heavy atom. The van der Waals surface area contributed by atoms with Gasteiger partial charge in [-0.2, -0.15) is 0 Å². The average molecular weight is 121 g/mol. The lowest BCUT2D eigenvalue weighted by atomic mass is 10.3. The van der Waals surface area contributed by atoms with E-state index in [1.54, 1.807) is 17.6 Å². The van der Waals surface area contributed by atoms with E-state index in [-0.39, 0.29) is 0 Å². The molecule has 0 amide bonds. The Balaban J connectivity index is 2.67. The number of rotatable bonds is 0. The highest BCUT2D eigenvalue weighted by Gasteiger charge is 2.05. The highest BCUT2D eigenvalue weighted by Crippen LogP contribution is 2.28. The molecule has 1 aliphatic heterocycles. The van der Waals surface area contributed by atoms with E-state index in [2.05, 4.69) is 11.4 Å². The Kier molecular flexibility index (Phi) is 0.758. The summed E-state index contributed by atoms with van der Waals surface area (Å²) in [6.45, 7) is 0. The summed E-state index contributed by atoms with van der Waals surface area (Å²) in [7, 11) is 0. The third-order valence-electron chi connectivity index (χ3n) is 1.07. The van der Waals surface area contributed by atoms with Gasteiger partial charge in [-0.05, 0) is 5.38 Å². The molecule has 1 aromatic heterocycles. The van der Waals surface area contributed by atoms with Crippen molar-refractivity contribution in [2.75, 3.05) is 0 Å². The molecule has 0 aliphatic carbocycles. The van der Waals surface area contributed by atoms with Gasteiger partial charge in [-0.3, -0.25) is 4.99 Å². The first-order valence-electron chi connectivity index (χ1n) is 2.32. The Bertz CT molecular complexity index is 224. The molecule has 1 nitrogen and oxygen atoms in total. The lowest BCUT2D eigenvalue weighted by Crippen LogP contribution is -1.65. The van der Waals surface area contributed by atoms with Gasteiger partial charge >= 0.3 is 0 Å². The van der Waals surface area contributed by atoms with Crippen molar-refractivity contribution in [3.05, 3.63) is 22.7 Å². The van der Waals surface area contributed by atoms with Crippen LogP contribution in [-0.4, -0.2) is 6.21 Å². The van der Waals surface area contributed by atoms with Crippen molar-refractivity contribution in [2.24, 2.45) is 4.99 Å². The molecule has 0 aromatic carbocycles. The second kappa shape index (κ2) is 1.42. The molecule has 0 N–H and O–H groups in total. The third kappa shape index (κ3) is 0.434. The topological polar surface area (TPSA) is 12.4 Å². The van der Waals surface area contributed by atoms with Gasteiger partial charge in [0, 0.05) is 17.2 Å². The maximum Gasteiger partial charge on any atom is 0.0775 e. The molecule has 2 rings (SSSR count). The van der Waals surface area contributed by atoms with E-state index in [1.165, 1.54) is 0 Å². The molecular formula is C6H3NS. The fourth-order valence-electron chi connectivity index (χ4n) is 0.670. The largest absolute Gasteiger partial charge is 0.259 e. The summed E-state index contributed by atoms with van der Waals surface area (Å²) in [5.41, 5.74) is 2.20. The highest BCUT2D eigenvalue weighted by molar-refractivity contribution is 7.08. The van der Waals surface area contributed by atoms with Gasteiger partial charge in [0.25, 0.3) is 0 Å². The summed E-state index contributed by atoms with van der Waals surface area (Å²) in [5, 5.41) is 4.06. The maximum absolute atomic E-state index is 4.03. The summed E-state index contributed by atoms with van der Waals surface area (Å²) in [6.07, 6.45) is 4.70. The van der Waals surface area contributed by atoms with Crippen LogP contribution < -0.4 is 0 Å². The number of aliphatic imine (C=N–C) groups is 1. The first kappa shape index (κ1) is 4.27. The Morgan fingerprint density at radius 2 is 2.50 bits per heavy atom. The van der Waals surface area contributed by atoms with Crippen LogP contribution >= 0.6 is 11.3 Å². The predicted octanol–water partition coefficient (Wildman–Crippen LogP) is 1.89. The van der Waals surface area contributed by atoms with Gasteiger partial charge in [0.1, 0.15) is 0 Å². The van der Waals surface area contributed by atoms with Crippen molar-refractivity contribution in [2.45, 2.75) is 0 Å². The van der Waals surface area contributed by atoms with E-state index in [0.29, 0.717) is 0 Å². The second-order valence-electron chi connectivity index (χ2n) is 1.57. The zero-order valence-electron chi connectivity index (χ0n) is 4.09. The minimum atomic E-state index is 1.06. The van der Waals surface area contributed by atoms with Crippen LogP contribution in [0.4, 0.5) is 5.69 Å². The molecule has 38 valence electrons. The molecular weight excluding hydrogens is 118 g/mol. The Hall–Kier alpha value is -0.630. The molecule has 2 radical (unpaired) electrons. The minimum Gasteiger partial charge on any atom is -0.259 e. The van der Waals surface area contributed by atoms with Crippen molar-refractivity contribution >= 4 is 23.2 Å². The number of hydrogen-bond acceptors (Lipinski definition) is 2. The van der Waals surface area contributed by atoms with Gasteiger partial charge in [0.05, 0.1) is 12.1 Å². The van der Waals surface area contributed by atoms with Gasteiger partial charge in [-0.25, -0.2) is 0 Å². The molecule has 0 saturated heterocycles. The molecule has 0 bridgehead atoms. The minimum absolute atomic E-state index is 1.06. The summed E-state index contributed by atoms with van der Waals surface area (Å²) >= 11 is 1.67. The number of fused-ring (bicyclic) bond motifs is 1. The normalized spacial score (nSPS) is 14.5. The quantitative estimate of drug-likeness (QED) is 0.497. The predicted molar refractivity (Wildman–Crippen MR) is 34.8 cm³/mol. The van der Waals surface area contributed by atoms with Crippen LogP contribution in [0.2, 0.25) is 0 Å². The van der Waals surface area contributed by atoms with Gasteiger partial charge in [0.15, 0.2) is 0 Å². The fourth-order valence-corrected chi connectivity index (χ4v) is 1.38. The zero-order valence-corrected chi connectivity index (χ0v) is 4.90. The molecule has 0 spiro atoms. The average Bonchev–Trinajstić information content (AvgIpc) is 2.15. The smallest absolute Gasteiger partial charge is 0.0775 e. The maximum atomic E-state index is 4.03. The van der Waals surface area contributed by atoms with Crippen LogP contribution in [0, 0.1) is 6.42 Å². The van der Waals surface area contributed by atoms with Crippen molar-refractivity contribution in [3.8, 4) is 0 Å². The van der Waals surface area contributed by atoms with Crippen LogP contribution in [0.1, 0.15) is 5.56 Å². The van der Waals surface area contributed by atoms with Crippen LogP contribution in [0.25, 0.3) is 0 Å². The van der Waals surface area contributed by atoms with Gasteiger partial charge < -0.3 is 0 Å². The molecule has 0 unspecified atom stereocenters. The number of thiophene rings is 1. The molecule has 8 heavy (non-hydrogen) atoms. The molecule has 0 fully saturated rings. The van der Waals surface area contributed by atoms with Gasteiger partial charge in [0.2, 0.25) is 0 Å². The van der Waals surface area contributed by atoms with Crippen molar-refractivity contribution in [1.82, 2.24) is 0 Å². The van der Waals surface area contributed by atoms with Crippen molar-refractivity contribution < 1.29 is 0 Å². The molecule has 1 aromatic rings. The van der Waals surface area contributed by atoms with E-state index in [9.17, 15) is 0 Å². The summed E-state index contributed by atoms with van der Waals surface area (Å²) in [6, 6.07) is 0. The standard InChI is InChI=1S/C6H3NS/c1-2-7-6-4-8-3-5(1)6/h2-4H. The summed E-state index contributed by atoms with van der Waals surface area (Å²) in [4.78, 5) is 4.03. The summed E-state index contributed by atoms with van der Waals surface area (Å²) < 4.78 is 0. The highest BCUT2D eigenvalue weighted by atomic mass is 32.1. The Morgan fingerprint density at radius 3 is 3.38 bits per heavy atom. The third-order valence-corrected chi connectivity index (χ3v) is 1.80. The fraction of sp³-hybridized carbons (Fsp3) is 0. The SMILES string of the molecule is [C]1C=Nc2cscc21. The Labute approximate surface area is 51.7 Å². The molecule has 2 heteroatoms. The van der Waals surface area contributed by atoms with E-state index in [4.69, 9.17) is 0 Å². The molecule has 1 aliphatic rings. The van der Waals surface area contributed by atoms with Crippen molar-refractivity contribution in [1.29, 1.82) is 0 Å². The first-order chi connectivity index (χ1) is 3.97. The number of hydrogen-bond donors (Lipinski definition) is 0. The molecule has 0 atom stereocenters. The van der Waals surface area contributed by atoms with Gasteiger partial charge in [-0.15, -0.1) is 11.3 Å². The van der Waals surface area contributed by atoms with E-state index in [0.717, 1.165) is 11.3 Å². The van der Waals surface area contributed by atoms with E-state index in [1.807, 2.05) is 10.8 Å². The van der Waals surface area contributed by atoms with Crippen molar-refractivity contribution in [3.63, 3.8) is 0 Å². The number of nitrogens with zero attached hydrogens (tertiary/aromatic N) is 1. The second-order valence-corrected chi connectivity index (χ2v) is 2.32. The van der Waals surface area contributed by atoms with E-state index < -0.39 is 0 Å². The zero-order chi connectivity index (χ0) is 5.40. The summed E-state index contributed by atoms with van der Waals surface area (Å²) in [5.74, 6) is 0. The van der Waals surface area contributed by atoms with E-state index >= 15 is 0 Å². The molecule has 2 heterocycles. The van der Waals surface area contributed by atoms with Crippen LogP contribution in [0.3, 0.4) is 0 Å². The van der Waals surface area contributed by atoms with Gasteiger partial charge in [-0.1, -0.05) is 0 Å². The lowest BCUT2D eigenvalue weighted by Gasteiger charge is -1.76. The van der Waals surface area contributed by atoms with Crippen LogP contribution in [0.5, 0.6) is 0 Å². The monoisotopic (exact) mass is 121 g/mol. The first-order valence-corrected chi connectivity index (χ1v) is 3.26. The molecule has 0 saturated carbocycles. The van der Waals surface area contributed by atoms with Crippen LogP contribution in [-0.2, 0) is 0 Å². The van der Waals surface area contributed by atoms with Crippen LogP contribution in [0.15, 0.2) is 15.8 Å². The lowest BCUT2D eigenvalue weighted by molar-refractivity contribution is 1.62.